The van der Waals surface area contributed by atoms with Gasteiger partial charge in [0.1, 0.15) is 28.5 Å². The number of rotatable bonds is 4. The van der Waals surface area contributed by atoms with Crippen molar-refractivity contribution in [1.82, 2.24) is 4.65 Å². The molecule has 78 valence electrons. The normalized spacial score (nSPS) is 14.7. The van der Waals surface area contributed by atoms with Gasteiger partial charge in [-0.25, -0.2) is 0 Å². The fraction of sp³-hybridized carbons (Fsp3) is 0.750. The first-order valence-corrected chi connectivity index (χ1v) is 11.2. The predicted octanol–water partition coefficient (Wildman–Crippen LogP) is 2.57. The van der Waals surface area contributed by atoms with Crippen molar-refractivity contribution in [2.75, 3.05) is 0 Å². The van der Waals surface area contributed by atoms with Crippen molar-refractivity contribution in [3.63, 3.8) is 0 Å². The molecule has 0 rings (SSSR count). The summed E-state index contributed by atoms with van der Waals surface area (Å²) in [6, 6.07) is 0.591. The molecule has 0 aliphatic heterocycles. The molecule has 0 amide bonds. The number of aliphatic hydroxyl groups excluding tert-OH is 2. The van der Waals surface area contributed by atoms with Crippen LogP contribution in [0, 0.1) is 0 Å². The van der Waals surface area contributed by atoms with Crippen molar-refractivity contribution in [2.24, 2.45) is 0 Å². The average molecular weight is 219 g/mol. The predicted molar refractivity (Wildman–Crippen MR) is 62.1 cm³/mol. The zero-order valence-corrected chi connectivity index (χ0v) is 11.2. The van der Waals surface area contributed by atoms with Crippen LogP contribution < -0.4 is 4.65 Å². The van der Waals surface area contributed by atoms with E-state index in [9.17, 15) is 5.11 Å². The summed E-state index contributed by atoms with van der Waals surface area (Å²) in [7, 11) is -2.87. The van der Waals surface area contributed by atoms with E-state index in [0.29, 0.717) is 6.04 Å². The van der Waals surface area contributed by atoms with Gasteiger partial charge >= 0.3 is 0 Å². The molecule has 0 atom stereocenters. The topological polar surface area (TPSA) is 52.5 Å². The zero-order valence-electron chi connectivity index (χ0n) is 9.18. The first-order chi connectivity index (χ1) is 5.66. The molecular weight excluding hydrogens is 198 g/mol. The molecule has 0 aromatic carbocycles. The Hall–Kier alpha value is -0.266. The van der Waals surface area contributed by atoms with Crippen molar-refractivity contribution in [3.8, 4) is 0 Å². The first-order valence-electron chi connectivity index (χ1n) is 4.48. The molecule has 3 N–H and O–H groups in total. The Morgan fingerprint density at radius 2 is 1.69 bits per heavy atom. The van der Waals surface area contributed by atoms with E-state index < -0.39 is 16.5 Å². The highest BCUT2D eigenvalue weighted by molar-refractivity contribution is 6.90. The van der Waals surface area contributed by atoms with Gasteiger partial charge in [0.15, 0.2) is 0 Å². The maximum atomic E-state index is 9.21. The van der Waals surface area contributed by atoms with Crippen LogP contribution in [0.1, 0.15) is 0 Å². The van der Waals surface area contributed by atoms with Gasteiger partial charge in [-0.05, 0) is 0 Å². The first kappa shape index (κ1) is 12.7. The Morgan fingerprint density at radius 3 is 2.00 bits per heavy atom. The van der Waals surface area contributed by atoms with Crippen molar-refractivity contribution >= 4 is 16.5 Å². The lowest BCUT2D eigenvalue weighted by Gasteiger charge is -2.31. The van der Waals surface area contributed by atoms with E-state index in [1.54, 1.807) is 0 Å². The molecule has 0 saturated heterocycles. The smallest absolute Gasteiger partial charge is 0.125 e. The van der Waals surface area contributed by atoms with E-state index in [0.717, 1.165) is 6.26 Å². The van der Waals surface area contributed by atoms with Gasteiger partial charge in [0.25, 0.3) is 0 Å². The Labute approximate surface area is 82.7 Å². The Kier molecular flexibility index (Phi) is 4.21. The highest BCUT2D eigenvalue weighted by Crippen LogP contribution is 2.14. The lowest BCUT2D eigenvalue weighted by Crippen LogP contribution is -2.57. The third-order valence-electron chi connectivity index (χ3n) is 1.49. The number of allylic oxidation sites excluding steroid dienone is 1. The van der Waals surface area contributed by atoms with Crippen LogP contribution in [0.2, 0.25) is 38.8 Å². The van der Waals surface area contributed by atoms with Gasteiger partial charge in [-0.3, -0.25) is 0 Å². The summed E-state index contributed by atoms with van der Waals surface area (Å²) < 4.78 is 3.63. The molecule has 0 bridgehead atoms. The molecule has 0 aromatic rings. The van der Waals surface area contributed by atoms with Gasteiger partial charge in [0, 0.05) is 6.04 Å². The summed E-state index contributed by atoms with van der Waals surface area (Å²) in [6.07, 6.45) is 0.792. The number of aliphatic hydroxyl groups is 2. The highest BCUT2D eigenvalue weighted by Gasteiger charge is 2.28. The van der Waals surface area contributed by atoms with Crippen LogP contribution in [0.3, 0.4) is 0 Å². The Balaban J connectivity index is 4.25. The Morgan fingerprint density at radius 1 is 1.23 bits per heavy atom. The summed E-state index contributed by atoms with van der Waals surface area (Å²) in [5.74, 6) is 0.0856. The lowest BCUT2D eigenvalue weighted by molar-refractivity contribution is 0.362. The van der Waals surface area contributed by atoms with Crippen molar-refractivity contribution in [1.29, 1.82) is 0 Å². The number of hydrogen-bond acceptors (Lipinski definition) is 3. The molecule has 0 aliphatic carbocycles. The number of nitrogens with one attached hydrogen (secondary N) is 1. The maximum absolute atomic E-state index is 9.21. The molecule has 0 aliphatic rings. The second-order valence-electron chi connectivity index (χ2n) is 5.06. The lowest BCUT2D eigenvalue weighted by atomic mass is 10.6. The molecule has 0 spiro atoms. The molecule has 5 heteroatoms. The average Bonchev–Trinajstić information content (AvgIpc) is 1.80. The molecule has 0 saturated carbocycles. The maximum Gasteiger partial charge on any atom is 0.125 e. The molecule has 0 aromatic heterocycles. The minimum absolute atomic E-state index is 0.0856. The largest absolute Gasteiger partial charge is 0.512 e. The molecular formula is C8H21NO2Si2. The summed E-state index contributed by atoms with van der Waals surface area (Å²) in [6.45, 7) is 11.0. The second-order valence-corrected chi connectivity index (χ2v) is 14.7. The zero-order chi connectivity index (χ0) is 10.7. The summed E-state index contributed by atoms with van der Waals surface area (Å²) in [5, 5.41) is 17.8. The molecule has 3 nitrogen and oxygen atoms in total. The van der Waals surface area contributed by atoms with Crippen LogP contribution in [0.25, 0.3) is 0 Å². The fourth-order valence-electron chi connectivity index (χ4n) is 1.56. The Bertz CT molecular complexity index is 197. The number of hydrogen-bond donors (Lipinski definition) is 3. The van der Waals surface area contributed by atoms with E-state index >= 15 is 0 Å². The monoisotopic (exact) mass is 219 g/mol. The van der Waals surface area contributed by atoms with Gasteiger partial charge in [-0.2, -0.15) is 0 Å². The van der Waals surface area contributed by atoms with E-state index in [1.165, 1.54) is 0 Å². The van der Waals surface area contributed by atoms with Gasteiger partial charge in [-0.1, -0.05) is 32.7 Å². The molecule has 0 unspecified atom stereocenters. The standard InChI is InChI=1S/C8H21NO2Si2/c1-12(2,3)9-13(4,5)7-8(11)6-10/h6,9-11H,7H2,1-5H3/b8-6+. The quantitative estimate of drug-likeness (QED) is 0.503. The third kappa shape index (κ3) is 6.86. The van der Waals surface area contributed by atoms with Crippen LogP contribution in [-0.4, -0.2) is 26.7 Å². The summed E-state index contributed by atoms with van der Waals surface area (Å²) >= 11 is 0. The van der Waals surface area contributed by atoms with Crippen LogP contribution in [-0.2, 0) is 0 Å². The molecule has 13 heavy (non-hydrogen) atoms. The van der Waals surface area contributed by atoms with E-state index in [4.69, 9.17) is 5.11 Å². The minimum Gasteiger partial charge on any atom is -0.512 e. The third-order valence-corrected chi connectivity index (χ3v) is 8.44. The fourth-order valence-corrected chi connectivity index (χ4v) is 11.0. The van der Waals surface area contributed by atoms with Gasteiger partial charge < -0.3 is 14.9 Å². The van der Waals surface area contributed by atoms with Crippen LogP contribution in [0.15, 0.2) is 12.0 Å². The van der Waals surface area contributed by atoms with Gasteiger partial charge in [-0.15, -0.1) is 0 Å². The molecule has 0 radical (unpaired) electrons. The SMILES string of the molecule is C[Si](C)(C)N[Si](C)(C)C/C(O)=C\O. The highest BCUT2D eigenvalue weighted by atomic mass is 28.4. The van der Waals surface area contributed by atoms with Crippen molar-refractivity contribution < 1.29 is 10.2 Å². The van der Waals surface area contributed by atoms with Crippen molar-refractivity contribution in [2.45, 2.75) is 38.8 Å². The van der Waals surface area contributed by atoms with E-state index in [2.05, 4.69) is 37.4 Å². The van der Waals surface area contributed by atoms with Crippen molar-refractivity contribution in [3.05, 3.63) is 12.0 Å². The minimum atomic E-state index is -1.59. The van der Waals surface area contributed by atoms with Crippen LogP contribution in [0.4, 0.5) is 0 Å². The molecule has 0 fully saturated rings. The van der Waals surface area contributed by atoms with E-state index in [1.807, 2.05) is 0 Å². The van der Waals surface area contributed by atoms with E-state index in [-0.39, 0.29) is 5.76 Å². The van der Waals surface area contributed by atoms with Gasteiger partial charge in [0.2, 0.25) is 0 Å². The van der Waals surface area contributed by atoms with Gasteiger partial charge in [0.05, 0.1) is 0 Å². The summed E-state index contributed by atoms with van der Waals surface area (Å²) in [4.78, 5) is 0. The molecule has 0 heterocycles. The second kappa shape index (κ2) is 4.30. The summed E-state index contributed by atoms with van der Waals surface area (Å²) in [5.41, 5.74) is 0. The van der Waals surface area contributed by atoms with Crippen LogP contribution in [0.5, 0.6) is 0 Å². The van der Waals surface area contributed by atoms with Crippen LogP contribution >= 0.6 is 0 Å².